The highest BCUT2D eigenvalue weighted by atomic mass is 19.1. The topological polar surface area (TPSA) is 105 Å². The number of methoxy groups -OCH3 is 1. The minimum absolute atomic E-state index is 0.0464. The van der Waals surface area contributed by atoms with Crippen molar-refractivity contribution in [2.24, 2.45) is 0 Å². The van der Waals surface area contributed by atoms with Crippen molar-refractivity contribution in [1.29, 1.82) is 5.41 Å². The molecule has 3 aromatic rings. The number of aromatic nitrogens is 1. The summed E-state index contributed by atoms with van der Waals surface area (Å²) in [6.45, 7) is 0.0464. The van der Waals surface area contributed by atoms with Gasteiger partial charge in [0, 0.05) is 30.0 Å². The van der Waals surface area contributed by atoms with E-state index in [1.165, 1.54) is 17.0 Å². The van der Waals surface area contributed by atoms with Gasteiger partial charge in [-0.2, -0.15) is 0 Å². The van der Waals surface area contributed by atoms with Crippen LogP contribution in [0.3, 0.4) is 0 Å². The lowest BCUT2D eigenvalue weighted by Crippen LogP contribution is -2.45. The lowest BCUT2D eigenvalue weighted by molar-refractivity contribution is -0.275. The number of guanidine groups is 1. The Morgan fingerprint density at radius 1 is 1.00 bits per heavy atom. The third-order valence-electron chi connectivity index (χ3n) is 5.06. The molecular formula is C25H21FN4O5. The number of ether oxygens (including phenoxy) is 1. The molecule has 2 heterocycles. The summed E-state index contributed by atoms with van der Waals surface area (Å²) in [5, 5.41) is 9.15. The van der Waals surface area contributed by atoms with Gasteiger partial charge in [0.1, 0.15) is 17.4 Å². The zero-order chi connectivity index (χ0) is 24.8. The van der Waals surface area contributed by atoms with Crippen LogP contribution in [0.15, 0.2) is 79.0 Å². The highest BCUT2D eigenvalue weighted by Crippen LogP contribution is 2.25. The number of carbonyl (C=O) groups excluding carboxylic acids is 2. The summed E-state index contributed by atoms with van der Waals surface area (Å²) >= 11 is 0. The third-order valence-corrected chi connectivity index (χ3v) is 5.06. The predicted molar refractivity (Wildman–Crippen MR) is 124 cm³/mol. The first kappa shape index (κ1) is 23.4. The van der Waals surface area contributed by atoms with E-state index in [9.17, 15) is 14.0 Å². The van der Waals surface area contributed by atoms with E-state index in [0.717, 1.165) is 29.0 Å². The number of hydroxylamine groups is 2. The van der Waals surface area contributed by atoms with Crippen LogP contribution in [-0.2, 0) is 32.2 Å². The maximum absolute atomic E-state index is 13.5. The molecule has 178 valence electrons. The van der Waals surface area contributed by atoms with Gasteiger partial charge in [-0.15, -0.1) is 0 Å². The number of anilines is 1. The van der Waals surface area contributed by atoms with Gasteiger partial charge in [-0.3, -0.25) is 20.0 Å². The molecule has 0 aliphatic carbocycles. The molecule has 0 amide bonds. The molecule has 4 rings (SSSR count). The van der Waals surface area contributed by atoms with Crippen LogP contribution in [0.4, 0.5) is 10.2 Å². The number of nitrogens with zero attached hydrogens (tertiary/aromatic N) is 3. The first-order chi connectivity index (χ1) is 16.9. The Kier molecular flexibility index (Phi) is 7.01. The number of halogens is 1. The van der Waals surface area contributed by atoms with Crippen LogP contribution >= 0.6 is 0 Å². The van der Waals surface area contributed by atoms with Crippen molar-refractivity contribution in [2.45, 2.75) is 13.0 Å². The van der Waals surface area contributed by atoms with E-state index in [2.05, 4.69) is 4.98 Å². The Labute approximate surface area is 200 Å². The first-order valence-corrected chi connectivity index (χ1v) is 10.5. The number of rotatable bonds is 6. The lowest BCUT2D eigenvalue weighted by atomic mass is 10.0. The molecule has 1 aliphatic heterocycles. The predicted octanol–water partition coefficient (Wildman–Crippen LogP) is 3.55. The van der Waals surface area contributed by atoms with Crippen molar-refractivity contribution >= 4 is 23.7 Å². The summed E-state index contributed by atoms with van der Waals surface area (Å²) in [6, 6.07) is 16.8. The van der Waals surface area contributed by atoms with E-state index < -0.39 is 23.7 Å². The molecule has 0 fully saturated rings. The van der Waals surface area contributed by atoms with Gasteiger partial charge in [0.25, 0.3) is 5.96 Å². The fourth-order valence-corrected chi connectivity index (χ4v) is 3.36. The van der Waals surface area contributed by atoms with E-state index in [1.54, 1.807) is 31.5 Å². The zero-order valence-electron chi connectivity index (χ0n) is 18.7. The highest BCUT2D eigenvalue weighted by Gasteiger charge is 2.29. The Balaban J connectivity index is 1.70. The van der Waals surface area contributed by atoms with Crippen molar-refractivity contribution in [3.05, 3.63) is 102 Å². The second kappa shape index (κ2) is 10.5. The molecule has 1 N–H and O–H groups in total. The molecule has 9 nitrogen and oxygen atoms in total. The van der Waals surface area contributed by atoms with E-state index in [-0.39, 0.29) is 6.54 Å². The van der Waals surface area contributed by atoms with Crippen LogP contribution in [0.25, 0.3) is 0 Å². The minimum atomic E-state index is -0.887. The SMILES string of the molecule is COc1ccc(Cc2cccnc2N(Cc2ccc(F)cc2)C(=N)N2OC(=O)C=CC(=O)O2)cc1. The largest absolute Gasteiger partial charge is 0.497 e. The second-order valence-electron chi connectivity index (χ2n) is 7.46. The van der Waals surface area contributed by atoms with Gasteiger partial charge < -0.3 is 4.74 Å². The molecular weight excluding hydrogens is 455 g/mol. The standard InChI is InChI=1S/C25H21FN4O5/c1-33-21-10-6-17(7-11-21)15-19-3-2-14-28-24(19)29(16-18-4-8-20(26)9-5-18)25(27)30-34-22(31)12-13-23(32)35-30/h2-14,27H,15-16H2,1H3. The summed E-state index contributed by atoms with van der Waals surface area (Å²) < 4.78 is 18.7. The normalized spacial score (nSPS) is 13.0. The lowest BCUT2D eigenvalue weighted by Gasteiger charge is -2.29. The molecule has 0 radical (unpaired) electrons. The van der Waals surface area contributed by atoms with Crippen LogP contribution in [0.2, 0.25) is 0 Å². The van der Waals surface area contributed by atoms with Gasteiger partial charge in [0.05, 0.1) is 13.7 Å². The summed E-state index contributed by atoms with van der Waals surface area (Å²) in [4.78, 5) is 39.6. The van der Waals surface area contributed by atoms with E-state index in [4.69, 9.17) is 19.8 Å². The molecule has 1 aliphatic rings. The smallest absolute Gasteiger partial charge is 0.360 e. The summed E-state index contributed by atoms with van der Waals surface area (Å²) in [5.74, 6) is -1.58. The van der Waals surface area contributed by atoms with Crippen LogP contribution < -0.4 is 9.64 Å². The third kappa shape index (κ3) is 5.80. The minimum Gasteiger partial charge on any atom is -0.497 e. The monoisotopic (exact) mass is 476 g/mol. The van der Waals surface area contributed by atoms with Crippen LogP contribution in [0, 0.1) is 11.2 Å². The number of nitrogens with one attached hydrogen (secondary N) is 1. The fraction of sp³-hybridized carbons (Fsp3) is 0.120. The molecule has 0 spiro atoms. The quantitative estimate of drug-likeness (QED) is 0.426. The van der Waals surface area contributed by atoms with Gasteiger partial charge in [0.15, 0.2) is 0 Å². The summed E-state index contributed by atoms with van der Waals surface area (Å²) in [5.41, 5.74) is 2.35. The molecule has 0 bridgehead atoms. The average molecular weight is 476 g/mol. The maximum Gasteiger partial charge on any atom is 0.360 e. The van der Waals surface area contributed by atoms with Crippen molar-refractivity contribution in [3.8, 4) is 5.75 Å². The molecule has 2 aromatic carbocycles. The molecule has 0 unspecified atom stereocenters. The Bertz CT molecular complexity index is 1240. The zero-order valence-corrected chi connectivity index (χ0v) is 18.7. The number of carbonyl (C=O) groups is 2. The summed E-state index contributed by atoms with van der Waals surface area (Å²) in [7, 11) is 1.59. The van der Waals surface area contributed by atoms with Crippen LogP contribution in [-0.4, -0.2) is 35.2 Å². The number of pyridine rings is 1. The Morgan fingerprint density at radius 2 is 1.63 bits per heavy atom. The second-order valence-corrected chi connectivity index (χ2v) is 7.46. The highest BCUT2D eigenvalue weighted by molar-refractivity contribution is 5.97. The summed E-state index contributed by atoms with van der Waals surface area (Å²) in [6.07, 6.45) is 3.81. The van der Waals surface area contributed by atoms with Crippen molar-refractivity contribution in [3.63, 3.8) is 0 Å². The Hall–Kier alpha value is -4.73. The van der Waals surface area contributed by atoms with E-state index in [1.807, 2.05) is 30.3 Å². The maximum atomic E-state index is 13.5. The first-order valence-electron chi connectivity index (χ1n) is 10.5. The van der Waals surface area contributed by atoms with Gasteiger partial charge in [-0.1, -0.05) is 30.3 Å². The number of hydrogen-bond acceptors (Lipinski definition) is 7. The number of benzene rings is 2. The van der Waals surface area contributed by atoms with Crippen molar-refractivity contribution in [2.75, 3.05) is 12.0 Å². The molecule has 10 heteroatoms. The van der Waals surface area contributed by atoms with Gasteiger partial charge in [-0.05, 0) is 47.0 Å². The molecule has 0 saturated carbocycles. The van der Waals surface area contributed by atoms with Crippen molar-refractivity contribution in [1.82, 2.24) is 10.2 Å². The van der Waals surface area contributed by atoms with Gasteiger partial charge in [-0.25, -0.2) is 19.0 Å². The molecule has 0 saturated heterocycles. The van der Waals surface area contributed by atoms with E-state index >= 15 is 0 Å². The molecule has 1 aromatic heterocycles. The number of hydrogen-bond donors (Lipinski definition) is 1. The van der Waals surface area contributed by atoms with Gasteiger partial charge >= 0.3 is 11.9 Å². The molecule has 35 heavy (non-hydrogen) atoms. The van der Waals surface area contributed by atoms with Gasteiger partial charge in [0.2, 0.25) is 0 Å². The van der Waals surface area contributed by atoms with E-state index in [0.29, 0.717) is 23.0 Å². The van der Waals surface area contributed by atoms with Crippen LogP contribution in [0.1, 0.15) is 16.7 Å². The average Bonchev–Trinajstić information content (AvgIpc) is 3.04. The van der Waals surface area contributed by atoms with Crippen molar-refractivity contribution < 1.29 is 28.4 Å². The fourth-order valence-electron chi connectivity index (χ4n) is 3.36. The molecule has 0 atom stereocenters. The van der Waals surface area contributed by atoms with Crippen LogP contribution in [0.5, 0.6) is 5.75 Å². The Morgan fingerprint density at radius 3 is 2.26 bits per heavy atom.